The number of hydrogen-bond acceptors (Lipinski definition) is 4. The van der Waals surface area contributed by atoms with Crippen molar-refractivity contribution in [2.24, 2.45) is 0 Å². The largest absolute Gasteiger partial charge is 0.463 e. The molecule has 0 saturated heterocycles. The maximum absolute atomic E-state index is 10.5. The molecule has 26 heavy (non-hydrogen) atoms. The Bertz CT molecular complexity index is 977. The van der Waals surface area contributed by atoms with Crippen LogP contribution in [0.1, 0.15) is 17.2 Å². The number of pyridine rings is 1. The van der Waals surface area contributed by atoms with E-state index in [1.54, 1.807) is 12.5 Å². The molecule has 5 nitrogen and oxygen atoms in total. The summed E-state index contributed by atoms with van der Waals surface area (Å²) in [4.78, 5) is 9.90. The lowest BCUT2D eigenvalue weighted by Crippen LogP contribution is -2.24. The number of rotatable bonds is 6. The molecule has 1 aromatic carbocycles. The van der Waals surface area contributed by atoms with Gasteiger partial charge >= 0.3 is 0 Å². The Morgan fingerprint density at radius 3 is 2.73 bits per heavy atom. The molecule has 2 N–H and O–H groups in total. The third kappa shape index (κ3) is 3.27. The predicted molar refractivity (Wildman–Crippen MR) is 102 cm³/mol. The van der Waals surface area contributed by atoms with E-state index in [1.807, 2.05) is 55.6 Å². The number of furan rings is 1. The van der Waals surface area contributed by atoms with Gasteiger partial charge in [0.15, 0.2) is 0 Å². The minimum absolute atomic E-state index is 0.531. The molecule has 0 spiro atoms. The third-order valence-corrected chi connectivity index (χ3v) is 4.54. The Balaban J connectivity index is 1.61. The molecule has 0 radical (unpaired) electrons. The topological polar surface area (TPSA) is 65.3 Å². The van der Waals surface area contributed by atoms with E-state index in [2.05, 4.69) is 20.9 Å². The highest BCUT2D eigenvalue weighted by atomic mass is 16.3. The van der Waals surface area contributed by atoms with Crippen LogP contribution in [0.2, 0.25) is 0 Å². The second-order valence-electron chi connectivity index (χ2n) is 6.48. The quantitative estimate of drug-likeness (QED) is 0.553. The molecule has 4 rings (SSSR count). The molecule has 0 bridgehead atoms. The van der Waals surface area contributed by atoms with E-state index in [0.29, 0.717) is 13.1 Å². The average Bonchev–Trinajstić information content (AvgIpc) is 3.31. The van der Waals surface area contributed by atoms with Crippen LogP contribution in [0, 0.1) is 0 Å². The Morgan fingerprint density at radius 2 is 1.96 bits per heavy atom. The van der Waals surface area contributed by atoms with Crippen molar-refractivity contribution in [3.8, 4) is 11.5 Å². The summed E-state index contributed by atoms with van der Waals surface area (Å²) < 4.78 is 5.59. The molecule has 1 atom stereocenters. The van der Waals surface area contributed by atoms with Gasteiger partial charge in [0.25, 0.3) is 0 Å². The number of H-pyrrole nitrogens is 1. The van der Waals surface area contributed by atoms with Gasteiger partial charge in [-0.2, -0.15) is 0 Å². The second-order valence-corrected chi connectivity index (χ2v) is 6.48. The summed E-state index contributed by atoms with van der Waals surface area (Å²) in [5.74, 6) is 0.787. The van der Waals surface area contributed by atoms with Gasteiger partial charge in [-0.15, -0.1) is 0 Å². The Hall–Kier alpha value is -2.89. The first-order valence-corrected chi connectivity index (χ1v) is 8.63. The van der Waals surface area contributed by atoms with Gasteiger partial charge in [-0.3, -0.25) is 4.90 Å². The maximum atomic E-state index is 10.5. The summed E-state index contributed by atoms with van der Waals surface area (Å²) in [6, 6.07) is 17.5. The van der Waals surface area contributed by atoms with Crippen LogP contribution >= 0.6 is 0 Å². The molecule has 0 aliphatic heterocycles. The van der Waals surface area contributed by atoms with E-state index in [0.717, 1.165) is 33.6 Å². The summed E-state index contributed by atoms with van der Waals surface area (Å²) in [6.07, 6.45) is 2.91. The highest BCUT2D eigenvalue weighted by molar-refractivity contribution is 5.87. The highest BCUT2D eigenvalue weighted by Gasteiger charge is 2.18. The lowest BCUT2D eigenvalue weighted by atomic mass is 10.1. The molecule has 132 valence electrons. The van der Waals surface area contributed by atoms with Crippen molar-refractivity contribution in [3.05, 3.63) is 78.2 Å². The average molecular weight is 347 g/mol. The number of fused-ring (bicyclic) bond motifs is 1. The molecule has 0 aliphatic rings. The summed E-state index contributed by atoms with van der Waals surface area (Å²) >= 11 is 0. The van der Waals surface area contributed by atoms with Crippen molar-refractivity contribution in [1.29, 1.82) is 0 Å². The molecule has 0 aliphatic carbocycles. The van der Waals surface area contributed by atoms with Crippen molar-refractivity contribution < 1.29 is 9.52 Å². The van der Waals surface area contributed by atoms with E-state index < -0.39 is 6.10 Å². The fourth-order valence-corrected chi connectivity index (χ4v) is 3.28. The smallest absolute Gasteiger partial charge is 0.150 e. The van der Waals surface area contributed by atoms with E-state index in [9.17, 15) is 5.11 Å². The summed E-state index contributed by atoms with van der Waals surface area (Å²) in [7, 11) is 2.01. The summed E-state index contributed by atoms with van der Waals surface area (Å²) in [5.41, 5.74) is 3.81. The van der Waals surface area contributed by atoms with Gasteiger partial charge in [0.2, 0.25) is 0 Å². The lowest BCUT2D eigenvalue weighted by molar-refractivity contribution is 0.124. The minimum Gasteiger partial charge on any atom is -0.463 e. The van der Waals surface area contributed by atoms with Gasteiger partial charge in [-0.05, 0) is 36.9 Å². The number of likely N-dealkylation sites (N-methyl/N-ethyl adjacent to an activating group) is 1. The molecule has 3 aromatic heterocycles. The van der Waals surface area contributed by atoms with Gasteiger partial charge in [0, 0.05) is 30.2 Å². The first-order chi connectivity index (χ1) is 12.7. The third-order valence-electron chi connectivity index (χ3n) is 4.54. The van der Waals surface area contributed by atoms with Crippen molar-refractivity contribution in [3.63, 3.8) is 0 Å². The molecule has 0 amide bonds. The van der Waals surface area contributed by atoms with Crippen LogP contribution < -0.4 is 0 Å². The number of aromatic amines is 1. The number of aliphatic hydroxyl groups excluding tert-OH is 1. The summed E-state index contributed by atoms with van der Waals surface area (Å²) in [6.45, 7) is 1.21. The standard InChI is InChI=1S/C21H21N3O2/c1-24(14-18(25)15-7-3-2-4-8-15)13-17-16-9-5-11-22-21(16)23-20(17)19-10-6-12-26-19/h2-12,18,25H,13-14H2,1H3,(H,22,23). The van der Waals surface area contributed by atoms with Crippen molar-refractivity contribution in [1.82, 2.24) is 14.9 Å². The zero-order chi connectivity index (χ0) is 17.9. The number of nitrogens with zero attached hydrogens (tertiary/aromatic N) is 2. The molecule has 0 saturated carbocycles. The second kappa shape index (κ2) is 7.15. The van der Waals surface area contributed by atoms with E-state index in [1.165, 1.54) is 0 Å². The van der Waals surface area contributed by atoms with Crippen LogP contribution in [-0.2, 0) is 6.54 Å². The Kier molecular flexibility index (Phi) is 4.56. The van der Waals surface area contributed by atoms with Gasteiger partial charge in [-0.25, -0.2) is 4.98 Å². The summed E-state index contributed by atoms with van der Waals surface area (Å²) in [5, 5.41) is 11.6. The zero-order valence-corrected chi connectivity index (χ0v) is 14.6. The minimum atomic E-state index is -0.531. The highest BCUT2D eigenvalue weighted by Crippen LogP contribution is 2.31. The molecular formula is C21H21N3O2. The molecule has 3 heterocycles. The fourth-order valence-electron chi connectivity index (χ4n) is 3.28. The first kappa shape index (κ1) is 16.6. The first-order valence-electron chi connectivity index (χ1n) is 8.63. The number of hydrogen-bond donors (Lipinski definition) is 2. The van der Waals surface area contributed by atoms with Gasteiger partial charge in [0.1, 0.15) is 11.4 Å². The molecular weight excluding hydrogens is 326 g/mol. The van der Waals surface area contributed by atoms with Gasteiger partial charge in [-0.1, -0.05) is 30.3 Å². The predicted octanol–water partition coefficient (Wildman–Crippen LogP) is 3.99. The maximum Gasteiger partial charge on any atom is 0.150 e. The number of benzene rings is 1. The van der Waals surface area contributed by atoms with Crippen LogP contribution in [0.5, 0.6) is 0 Å². The van der Waals surface area contributed by atoms with E-state index in [-0.39, 0.29) is 0 Å². The Labute approximate surface area is 151 Å². The SMILES string of the molecule is CN(Cc1c(-c2ccco2)[nH]c2ncccc12)CC(O)c1ccccc1. The van der Waals surface area contributed by atoms with Crippen molar-refractivity contribution in [2.75, 3.05) is 13.6 Å². The van der Waals surface area contributed by atoms with Crippen molar-refractivity contribution >= 4 is 11.0 Å². The number of aliphatic hydroxyl groups is 1. The molecule has 1 unspecified atom stereocenters. The van der Waals surface area contributed by atoms with E-state index in [4.69, 9.17) is 4.42 Å². The lowest BCUT2D eigenvalue weighted by Gasteiger charge is -2.21. The van der Waals surface area contributed by atoms with Crippen LogP contribution in [0.15, 0.2) is 71.5 Å². The van der Waals surface area contributed by atoms with Gasteiger partial charge in [0.05, 0.1) is 18.1 Å². The van der Waals surface area contributed by atoms with Gasteiger partial charge < -0.3 is 14.5 Å². The monoisotopic (exact) mass is 347 g/mol. The number of aromatic nitrogens is 2. The van der Waals surface area contributed by atoms with Crippen LogP contribution in [-0.4, -0.2) is 33.6 Å². The van der Waals surface area contributed by atoms with E-state index >= 15 is 0 Å². The zero-order valence-electron chi connectivity index (χ0n) is 14.6. The van der Waals surface area contributed by atoms with Crippen LogP contribution in [0.3, 0.4) is 0 Å². The normalized spacial score (nSPS) is 12.7. The molecule has 5 heteroatoms. The molecule has 4 aromatic rings. The Morgan fingerprint density at radius 1 is 1.12 bits per heavy atom. The molecule has 0 fully saturated rings. The van der Waals surface area contributed by atoms with Crippen LogP contribution in [0.4, 0.5) is 0 Å². The number of nitrogens with one attached hydrogen (secondary N) is 1. The fraction of sp³-hybridized carbons (Fsp3) is 0.190. The van der Waals surface area contributed by atoms with Crippen molar-refractivity contribution in [2.45, 2.75) is 12.6 Å². The van der Waals surface area contributed by atoms with Crippen LogP contribution in [0.25, 0.3) is 22.5 Å².